The second kappa shape index (κ2) is 6.53. The molecule has 0 saturated heterocycles. The van der Waals surface area contributed by atoms with E-state index in [9.17, 15) is 4.79 Å². The van der Waals surface area contributed by atoms with Gasteiger partial charge in [0, 0.05) is 19.1 Å². The molecule has 1 aromatic rings. The Bertz CT molecular complexity index is 708. The van der Waals surface area contributed by atoms with E-state index in [-0.39, 0.29) is 11.3 Å². The topological polar surface area (TPSA) is 32.3 Å². The number of amides is 1. The quantitative estimate of drug-likeness (QED) is 0.884. The number of carbonyl (C=O) groups excluding carboxylic acids is 1. The fraction of sp³-hybridized carbons (Fsp3) is 0.609. The Morgan fingerprint density at radius 1 is 1.23 bits per heavy atom. The first-order valence-corrected chi connectivity index (χ1v) is 10.2. The number of rotatable bonds is 4. The van der Waals surface area contributed by atoms with Gasteiger partial charge in [0.15, 0.2) is 0 Å². The third-order valence-corrected chi connectivity index (χ3v) is 7.93. The number of fused-ring (bicyclic) bond motifs is 2. The molecule has 1 amide bonds. The van der Waals surface area contributed by atoms with Gasteiger partial charge >= 0.3 is 0 Å². The van der Waals surface area contributed by atoms with E-state index in [2.05, 4.69) is 67.4 Å². The lowest BCUT2D eigenvalue weighted by Crippen LogP contribution is -2.50. The highest BCUT2D eigenvalue weighted by Crippen LogP contribution is 2.65. The summed E-state index contributed by atoms with van der Waals surface area (Å²) < 4.78 is 0. The number of hydrogen-bond donors (Lipinski definition) is 1. The van der Waals surface area contributed by atoms with Gasteiger partial charge in [0.2, 0.25) is 5.91 Å². The van der Waals surface area contributed by atoms with Crippen molar-refractivity contribution in [2.45, 2.75) is 52.5 Å². The second-order valence-electron chi connectivity index (χ2n) is 9.31. The molecular weight excluding hydrogens is 320 g/mol. The standard InChI is InChI=1S/C23H32N2O/c1-22(2)19-9-12-23(22,3)20(15-19)24-21(26)16-25-13-10-18(11-14-25)17-7-5-4-6-8-17/h4-8,10,19-20H,9,11-16H2,1-3H3,(H,24,26)/t19-,20+,23-/m0/s1. The maximum atomic E-state index is 12.7. The van der Waals surface area contributed by atoms with Gasteiger partial charge in [0.05, 0.1) is 6.54 Å². The van der Waals surface area contributed by atoms with Gasteiger partial charge < -0.3 is 5.32 Å². The average molecular weight is 353 g/mol. The number of carbonyl (C=O) groups is 1. The van der Waals surface area contributed by atoms with Gasteiger partial charge in [-0.3, -0.25) is 9.69 Å². The zero-order chi connectivity index (χ0) is 18.4. The van der Waals surface area contributed by atoms with E-state index in [4.69, 9.17) is 0 Å². The molecule has 1 aromatic carbocycles. The summed E-state index contributed by atoms with van der Waals surface area (Å²) in [7, 11) is 0. The fourth-order valence-electron chi connectivity index (χ4n) is 5.63. The van der Waals surface area contributed by atoms with Gasteiger partial charge in [-0.05, 0) is 53.6 Å². The van der Waals surface area contributed by atoms with Crippen LogP contribution in [0.3, 0.4) is 0 Å². The van der Waals surface area contributed by atoms with Gasteiger partial charge in [-0.1, -0.05) is 57.2 Å². The molecule has 0 aromatic heterocycles. The third-order valence-electron chi connectivity index (χ3n) is 7.93. The molecule has 2 saturated carbocycles. The SMILES string of the molecule is CC1(C)[C@H]2CC[C@@]1(C)[C@H](NC(=O)CN1CC=C(c3ccccc3)CC1)C2. The van der Waals surface area contributed by atoms with Gasteiger partial charge in [0.25, 0.3) is 0 Å². The molecule has 3 atom stereocenters. The normalized spacial score (nSPS) is 33.1. The molecule has 3 aliphatic rings. The van der Waals surface area contributed by atoms with E-state index in [1.807, 2.05) is 0 Å². The maximum Gasteiger partial charge on any atom is 0.234 e. The Kier molecular flexibility index (Phi) is 4.46. The van der Waals surface area contributed by atoms with Crippen LogP contribution >= 0.6 is 0 Å². The number of hydrogen-bond acceptors (Lipinski definition) is 2. The van der Waals surface area contributed by atoms with Crippen LogP contribution in [0, 0.1) is 16.7 Å². The molecule has 0 radical (unpaired) electrons. The minimum absolute atomic E-state index is 0.205. The molecule has 1 aliphatic heterocycles. The summed E-state index contributed by atoms with van der Waals surface area (Å²) >= 11 is 0. The van der Waals surface area contributed by atoms with Gasteiger partial charge in [-0.25, -0.2) is 0 Å². The molecule has 2 aliphatic carbocycles. The van der Waals surface area contributed by atoms with Crippen LogP contribution in [0.1, 0.15) is 52.0 Å². The second-order valence-corrected chi connectivity index (χ2v) is 9.31. The smallest absolute Gasteiger partial charge is 0.234 e. The fourth-order valence-corrected chi connectivity index (χ4v) is 5.63. The summed E-state index contributed by atoms with van der Waals surface area (Å²) in [5, 5.41) is 3.40. The van der Waals surface area contributed by atoms with Crippen LogP contribution in [-0.2, 0) is 4.79 Å². The van der Waals surface area contributed by atoms with Gasteiger partial charge in [-0.2, -0.15) is 0 Å². The van der Waals surface area contributed by atoms with E-state index in [0.29, 0.717) is 18.0 Å². The van der Waals surface area contributed by atoms with E-state index in [1.165, 1.54) is 24.0 Å². The van der Waals surface area contributed by atoms with E-state index in [0.717, 1.165) is 31.8 Å². The highest BCUT2D eigenvalue weighted by molar-refractivity contribution is 5.79. The molecular formula is C23H32N2O. The molecule has 3 nitrogen and oxygen atoms in total. The van der Waals surface area contributed by atoms with E-state index < -0.39 is 0 Å². The molecule has 1 N–H and O–H groups in total. The highest BCUT2D eigenvalue weighted by Gasteiger charge is 2.61. The zero-order valence-corrected chi connectivity index (χ0v) is 16.4. The summed E-state index contributed by atoms with van der Waals surface area (Å²) in [4.78, 5) is 14.9. The zero-order valence-electron chi connectivity index (χ0n) is 16.4. The van der Waals surface area contributed by atoms with Crippen LogP contribution in [-0.4, -0.2) is 36.5 Å². The molecule has 3 heteroatoms. The number of nitrogens with zero attached hydrogens (tertiary/aromatic N) is 1. The van der Waals surface area contributed by atoms with Crippen molar-refractivity contribution in [2.75, 3.05) is 19.6 Å². The molecule has 0 unspecified atom stereocenters. The lowest BCUT2D eigenvalue weighted by Gasteiger charge is -2.39. The third kappa shape index (κ3) is 2.90. The molecule has 2 bridgehead atoms. The Morgan fingerprint density at radius 3 is 2.58 bits per heavy atom. The highest BCUT2D eigenvalue weighted by atomic mass is 16.2. The Hall–Kier alpha value is -1.61. The number of benzene rings is 1. The molecule has 26 heavy (non-hydrogen) atoms. The summed E-state index contributed by atoms with van der Waals surface area (Å²) in [6.45, 7) is 9.55. The van der Waals surface area contributed by atoms with Gasteiger partial charge in [-0.15, -0.1) is 0 Å². The van der Waals surface area contributed by atoms with Crippen LogP contribution in [0.2, 0.25) is 0 Å². The van der Waals surface area contributed by atoms with Crippen molar-refractivity contribution in [3.05, 3.63) is 42.0 Å². The Balaban J connectivity index is 1.32. The van der Waals surface area contributed by atoms with E-state index >= 15 is 0 Å². The monoisotopic (exact) mass is 352 g/mol. The van der Waals surface area contributed by atoms with Crippen molar-refractivity contribution in [3.8, 4) is 0 Å². The lowest BCUT2D eigenvalue weighted by molar-refractivity contribution is -0.123. The van der Waals surface area contributed by atoms with Crippen LogP contribution < -0.4 is 5.32 Å². The minimum Gasteiger partial charge on any atom is -0.352 e. The first-order valence-electron chi connectivity index (χ1n) is 10.2. The summed E-state index contributed by atoms with van der Waals surface area (Å²) in [6, 6.07) is 10.9. The summed E-state index contributed by atoms with van der Waals surface area (Å²) in [5.74, 6) is 0.972. The van der Waals surface area contributed by atoms with Crippen LogP contribution in [0.25, 0.3) is 5.57 Å². The van der Waals surface area contributed by atoms with Crippen molar-refractivity contribution in [2.24, 2.45) is 16.7 Å². The average Bonchev–Trinajstić information content (AvgIpc) is 2.96. The first kappa shape index (κ1) is 17.8. The van der Waals surface area contributed by atoms with Crippen LogP contribution in [0.5, 0.6) is 0 Å². The van der Waals surface area contributed by atoms with Crippen molar-refractivity contribution < 1.29 is 4.79 Å². The van der Waals surface area contributed by atoms with Crippen LogP contribution in [0.4, 0.5) is 0 Å². The van der Waals surface area contributed by atoms with Gasteiger partial charge in [0.1, 0.15) is 0 Å². The maximum absolute atomic E-state index is 12.7. The Morgan fingerprint density at radius 2 is 2.00 bits per heavy atom. The molecule has 2 fully saturated rings. The molecule has 0 spiro atoms. The molecule has 140 valence electrons. The van der Waals surface area contributed by atoms with Crippen LogP contribution in [0.15, 0.2) is 36.4 Å². The summed E-state index contributed by atoms with van der Waals surface area (Å²) in [6.07, 6.45) is 7.05. The number of nitrogens with one attached hydrogen (secondary N) is 1. The van der Waals surface area contributed by atoms with Crippen molar-refractivity contribution in [1.29, 1.82) is 0 Å². The first-order chi connectivity index (χ1) is 12.4. The predicted octanol–water partition coefficient (Wildman–Crippen LogP) is 4.11. The molecule has 4 rings (SSSR count). The molecule has 1 heterocycles. The minimum atomic E-state index is 0.205. The van der Waals surface area contributed by atoms with E-state index in [1.54, 1.807) is 0 Å². The lowest BCUT2D eigenvalue weighted by atomic mass is 9.69. The van der Waals surface area contributed by atoms with Crippen molar-refractivity contribution in [3.63, 3.8) is 0 Å². The largest absolute Gasteiger partial charge is 0.352 e. The van der Waals surface area contributed by atoms with Crippen molar-refractivity contribution >= 4 is 11.5 Å². The summed E-state index contributed by atoms with van der Waals surface area (Å²) in [5.41, 5.74) is 3.33. The predicted molar refractivity (Wildman–Crippen MR) is 107 cm³/mol. The van der Waals surface area contributed by atoms with Crippen molar-refractivity contribution in [1.82, 2.24) is 10.2 Å². The Labute approximate surface area is 157 Å².